The van der Waals surface area contributed by atoms with Crippen molar-refractivity contribution in [1.82, 2.24) is 5.32 Å². The van der Waals surface area contributed by atoms with Crippen molar-refractivity contribution in [2.75, 3.05) is 18.8 Å². The van der Waals surface area contributed by atoms with Crippen molar-refractivity contribution in [2.24, 2.45) is 5.92 Å². The van der Waals surface area contributed by atoms with Crippen molar-refractivity contribution < 1.29 is 18.3 Å². The van der Waals surface area contributed by atoms with Crippen LogP contribution in [-0.4, -0.2) is 38.3 Å². The number of rotatable bonds is 6. The highest BCUT2D eigenvalue weighted by atomic mass is 32.2. The highest BCUT2D eigenvalue weighted by molar-refractivity contribution is 7.91. The Labute approximate surface area is 125 Å². The van der Waals surface area contributed by atoms with Crippen molar-refractivity contribution in [3.8, 4) is 0 Å². The number of carbonyl (C=O) groups is 1. The van der Waals surface area contributed by atoms with Crippen LogP contribution in [0.2, 0.25) is 0 Å². The third kappa shape index (κ3) is 4.82. The van der Waals surface area contributed by atoms with Gasteiger partial charge in [0.15, 0.2) is 9.84 Å². The van der Waals surface area contributed by atoms with Crippen LogP contribution in [0.25, 0.3) is 0 Å². The maximum Gasteiger partial charge on any atom is 0.307 e. The predicted molar refractivity (Wildman–Crippen MR) is 80.0 cm³/mol. The van der Waals surface area contributed by atoms with Crippen LogP contribution in [0, 0.1) is 5.92 Å². The van der Waals surface area contributed by atoms with Crippen molar-refractivity contribution in [3.63, 3.8) is 0 Å². The quantitative estimate of drug-likeness (QED) is 0.831. The molecule has 0 aliphatic carbocycles. The lowest BCUT2D eigenvalue weighted by Crippen LogP contribution is -2.28. The van der Waals surface area contributed by atoms with Crippen LogP contribution in [0.1, 0.15) is 24.8 Å². The molecule has 6 heteroatoms. The van der Waals surface area contributed by atoms with Gasteiger partial charge in [-0.25, -0.2) is 8.42 Å². The molecule has 2 rings (SSSR count). The minimum atomic E-state index is -3.27. The van der Waals surface area contributed by atoms with E-state index in [9.17, 15) is 13.2 Å². The number of benzene rings is 1. The Morgan fingerprint density at radius 3 is 2.38 bits per heavy atom. The van der Waals surface area contributed by atoms with E-state index in [-0.39, 0.29) is 17.1 Å². The zero-order valence-corrected chi connectivity index (χ0v) is 12.7. The SMILES string of the molecule is O=C(O)Cc1ccc(S(=O)(=O)CCC2CCNCC2)cc1. The molecule has 0 spiro atoms. The maximum atomic E-state index is 12.3. The van der Waals surface area contributed by atoms with Crippen molar-refractivity contribution in [2.45, 2.75) is 30.6 Å². The second kappa shape index (κ2) is 7.04. The summed E-state index contributed by atoms with van der Waals surface area (Å²) >= 11 is 0. The Morgan fingerprint density at radius 1 is 1.19 bits per heavy atom. The first kappa shape index (κ1) is 16.0. The Kier molecular flexibility index (Phi) is 5.36. The first-order chi connectivity index (χ1) is 9.97. The summed E-state index contributed by atoms with van der Waals surface area (Å²) < 4.78 is 24.6. The van der Waals surface area contributed by atoms with E-state index in [0.717, 1.165) is 25.9 Å². The summed E-state index contributed by atoms with van der Waals surface area (Å²) in [5, 5.41) is 12.0. The molecular formula is C15H21NO4S. The molecule has 1 heterocycles. The van der Waals surface area contributed by atoms with E-state index < -0.39 is 15.8 Å². The molecule has 2 N–H and O–H groups in total. The van der Waals surface area contributed by atoms with Gasteiger partial charge in [-0.15, -0.1) is 0 Å². The number of hydrogen-bond donors (Lipinski definition) is 2. The zero-order valence-electron chi connectivity index (χ0n) is 11.9. The molecule has 1 aromatic rings. The highest BCUT2D eigenvalue weighted by Crippen LogP contribution is 2.20. The van der Waals surface area contributed by atoms with Crippen LogP contribution in [0.3, 0.4) is 0 Å². The number of nitrogens with one attached hydrogen (secondary N) is 1. The second-order valence-corrected chi connectivity index (χ2v) is 7.62. The summed E-state index contributed by atoms with van der Waals surface area (Å²) in [6, 6.07) is 6.17. The molecule has 116 valence electrons. The summed E-state index contributed by atoms with van der Waals surface area (Å²) in [5.41, 5.74) is 0.611. The fourth-order valence-corrected chi connectivity index (χ4v) is 4.03. The first-order valence-corrected chi connectivity index (χ1v) is 8.87. The molecule has 0 saturated carbocycles. The van der Waals surface area contributed by atoms with Gasteiger partial charge in [0, 0.05) is 0 Å². The Balaban J connectivity index is 1.96. The third-order valence-corrected chi connectivity index (χ3v) is 5.65. The van der Waals surface area contributed by atoms with E-state index in [1.54, 1.807) is 12.1 Å². The number of sulfone groups is 1. The van der Waals surface area contributed by atoms with E-state index in [4.69, 9.17) is 5.11 Å². The molecule has 0 unspecified atom stereocenters. The van der Waals surface area contributed by atoms with Crippen LogP contribution < -0.4 is 5.32 Å². The molecule has 1 fully saturated rings. The van der Waals surface area contributed by atoms with Gasteiger partial charge in [-0.1, -0.05) is 12.1 Å². The van der Waals surface area contributed by atoms with E-state index in [0.29, 0.717) is 17.9 Å². The molecule has 0 radical (unpaired) electrons. The molecule has 0 atom stereocenters. The lowest BCUT2D eigenvalue weighted by atomic mass is 9.96. The third-order valence-electron chi connectivity index (χ3n) is 3.89. The number of carboxylic acid groups (broad SMARTS) is 1. The van der Waals surface area contributed by atoms with Crippen molar-refractivity contribution in [1.29, 1.82) is 0 Å². The molecule has 1 aliphatic rings. The fraction of sp³-hybridized carbons (Fsp3) is 0.533. The van der Waals surface area contributed by atoms with Crippen molar-refractivity contribution >= 4 is 15.8 Å². The molecule has 21 heavy (non-hydrogen) atoms. The minimum Gasteiger partial charge on any atom is -0.481 e. The predicted octanol–water partition coefficient (Wildman–Crippen LogP) is 1.48. The van der Waals surface area contributed by atoms with Crippen LogP contribution in [0.5, 0.6) is 0 Å². The smallest absolute Gasteiger partial charge is 0.307 e. The number of aliphatic carboxylic acids is 1. The minimum absolute atomic E-state index is 0.0879. The molecule has 0 amide bonds. The number of piperidine rings is 1. The second-order valence-electron chi connectivity index (χ2n) is 5.52. The average molecular weight is 311 g/mol. The molecule has 0 aromatic heterocycles. The van der Waals surface area contributed by atoms with Gasteiger partial charge in [0.2, 0.25) is 0 Å². The van der Waals surface area contributed by atoms with E-state index in [1.807, 2.05) is 0 Å². The molecule has 1 aromatic carbocycles. The summed E-state index contributed by atoms with van der Waals surface area (Å²) in [7, 11) is -3.27. The molecule has 1 saturated heterocycles. The van der Waals surface area contributed by atoms with Crippen LogP contribution >= 0.6 is 0 Å². The number of carboxylic acids is 1. The standard InChI is InChI=1S/C15H21NO4S/c17-15(18)11-13-1-3-14(4-2-13)21(19,20)10-7-12-5-8-16-9-6-12/h1-4,12,16H,5-11H2,(H,17,18). The van der Waals surface area contributed by atoms with Crippen molar-refractivity contribution in [3.05, 3.63) is 29.8 Å². The summed E-state index contributed by atoms with van der Waals surface area (Å²) in [6.45, 7) is 1.93. The lowest BCUT2D eigenvalue weighted by Gasteiger charge is -2.22. The molecule has 0 bridgehead atoms. The highest BCUT2D eigenvalue weighted by Gasteiger charge is 2.19. The summed E-state index contributed by atoms with van der Waals surface area (Å²) in [4.78, 5) is 10.9. The monoisotopic (exact) mass is 311 g/mol. The Bertz CT molecular complexity index is 574. The molecular weight excluding hydrogens is 290 g/mol. The van der Waals surface area contributed by atoms with Gasteiger partial charge in [-0.2, -0.15) is 0 Å². The lowest BCUT2D eigenvalue weighted by molar-refractivity contribution is -0.136. The Morgan fingerprint density at radius 2 is 1.81 bits per heavy atom. The fourth-order valence-electron chi connectivity index (χ4n) is 2.60. The van der Waals surface area contributed by atoms with E-state index in [2.05, 4.69) is 5.32 Å². The van der Waals surface area contributed by atoms with Gasteiger partial charge in [0.25, 0.3) is 0 Å². The normalized spacial score (nSPS) is 16.8. The van der Waals surface area contributed by atoms with Crippen LogP contribution in [0.4, 0.5) is 0 Å². The molecule has 1 aliphatic heterocycles. The first-order valence-electron chi connectivity index (χ1n) is 7.21. The maximum absolute atomic E-state index is 12.3. The van der Waals surface area contributed by atoms with Gasteiger partial charge >= 0.3 is 5.97 Å². The van der Waals surface area contributed by atoms with Gasteiger partial charge < -0.3 is 10.4 Å². The van der Waals surface area contributed by atoms with Crippen LogP contribution in [0.15, 0.2) is 29.2 Å². The molecule has 5 nitrogen and oxygen atoms in total. The average Bonchev–Trinajstić information content (AvgIpc) is 2.46. The van der Waals surface area contributed by atoms with Crippen LogP contribution in [-0.2, 0) is 21.1 Å². The van der Waals surface area contributed by atoms with Gasteiger partial charge in [0.05, 0.1) is 17.1 Å². The van der Waals surface area contributed by atoms with Gasteiger partial charge in [-0.3, -0.25) is 4.79 Å². The number of hydrogen-bond acceptors (Lipinski definition) is 4. The zero-order chi connectivity index (χ0) is 15.3. The topological polar surface area (TPSA) is 83.5 Å². The largest absolute Gasteiger partial charge is 0.481 e. The summed E-state index contributed by atoms with van der Waals surface area (Å²) in [6.07, 6.45) is 2.68. The van der Waals surface area contributed by atoms with E-state index >= 15 is 0 Å². The van der Waals surface area contributed by atoms with Gasteiger partial charge in [0.1, 0.15) is 0 Å². The Hall–Kier alpha value is -1.40. The summed E-state index contributed by atoms with van der Waals surface area (Å²) in [5.74, 6) is -0.278. The van der Waals surface area contributed by atoms with E-state index in [1.165, 1.54) is 12.1 Å². The van der Waals surface area contributed by atoms with Gasteiger partial charge in [-0.05, 0) is 56.0 Å².